The second-order valence-corrected chi connectivity index (χ2v) is 7.43. The third-order valence-corrected chi connectivity index (χ3v) is 4.49. The van der Waals surface area contributed by atoms with Gasteiger partial charge in [-0.1, -0.05) is 0 Å². The predicted octanol–water partition coefficient (Wildman–Crippen LogP) is 3.16. The lowest BCUT2D eigenvalue weighted by Crippen LogP contribution is -2.25. The molecule has 0 aromatic carbocycles. The summed E-state index contributed by atoms with van der Waals surface area (Å²) in [4.78, 5) is 0. The highest BCUT2D eigenvalue weighted by Gasteiger charge is 2.40. The normalized spacial score (nSPS) is 20.2. The van der Waals surface area contributed by atoms with Crippen LogP contribution in [0.15, 0.2) is 12.4 Å². The van der Waals surface area contributed by atoms with Crippen molar-refractivity contribution in [2.45, 2.75) is 58.5 Å². The summed E-state index contributed by atoms with van der Waals surface area (Å²) in [5.74, 6) is 3.03. The monoisotopic (exact) mass is 261 g/mol. The third kappa shape index (κ3) is 3.38. The molecule has 0 atom stereocenters. The standard InChI is InChI=1S/C16H27N3/c1-16(2,3)19-11-12(9-18-19)8-17-10-15(13-4-5-13)14-6-7-14/h9,11,13-15,17H,4-8,10H2,1-3H3. The Kier molecular flexibility index (Phi) is 3.42. The molecule has 0 saturated heterocycles. The highest BCUT2D eigenvalue weighted by atomic mass is 15.3. The molecule has 0 aliphatic heterocycles. The van der Waals surface area contributed by atoms with Crippen molar-refractivity contribution in [3.05, 3.63) is 18.0 Å². The van der Waals surface area contributed by atoms with Crippen LogP contribution in [0, 0.1) is 17.8 Å². The molecule has 1 aromatic heterocycles. The predicted molar refractivity (Wildman–Crippen MR) is 77.9 cm³/mol. The fraction of sp³-hybridized carbons (Fsp3) is 0.812. The lowest BCUT2D eigenvalue weighted by atomic mass is 9.98. The molecule has 2 aliphatic carbocycles. The Bertz CT molecular complexity index is 409. The van der Waals surface area contributed by atoms with Crippen molar-refractivity contribution in [3.63, 3.8) is 0 Å². The van der Waals surface area contributed by atoms with Gasteiger partial charge in [-0.05, 0) is 70.8 Å². The van der Waals surface area contributed by atoms with Crippen LogP contribution in [-0.4, -0.2) is 16.3 Å². The zero-order valence-corrected chi connectivity index (χ0v) is 12.5. The van der Waals surface area contributed by atoms with E-state index >= 15 is 0 Å². The smallest absolute Gasteiger partial charge is 0.0543 e. The second kappa shape index (κ2) is 4.93. The molecule has 0 radical (unpaired) electrons. The van der Waals surface area contributed by atoms with E-state index in [4.69, 9.17) is 0 Å². The summed E-state index contributed by atoms with van der Waals surface area (Å²) in [6.45, 7) is 8.73. The highest BCUT2D eigenvalue weighted by Crippen LogP contribution is 2.48. The van der Waals surface area contributed by atoms with E-state index < -0.39 is 0 Å². The SMILES string of the molecule is CC(C)(C)n1cc(CNCC(C2CC2)C2CC2)cn1. The molecule has 3 heteroatoms. The van der Waals surface area contributed by atoms with Crippen LogP contribution in [0.25, 0.3) is 0 Å². The van der Waals surface area contributed by atoms with Gasteiger partial charge in [0.15, 0.2) is 0 Å². The van der Waals surface area contributed by atoms with E-state index in [0.717, 1.165) is 24.3 Å². The molecular weight excluding hydrogens is 234 g/mol. The van der Waals surface area contributed by atoms with Gasteiger partial charge in [0.05, 0.1) is 11.7 Å². The first-order valence-electron chi connectivity index (χ1n) is 7.79. The Morgan fingerprint density at radius 2 is 1.89 bits per heavy atom. The van der Waals surface area contributed by atoms with Gasteiger partial charge in [0, 0.05) is 18.3 Å². The third-order valence-electron chi connectivity index (χ3n) is 4.49. The summed E-state index contributed by atoms with van der Waals surface area (Å²) in [6.07, 6.45) is 10.1. The van der Waals surface area contributed by atoms with Crippen molar-refractivity contribution in [3.8, 4) is 0 Å². The fourth-order valence-electron chi connectivity index (χ4n) is 2.97. The maximum absolute atomic E-state index is 4.46. The van der Waals surface area contributed by atoms with Crippen LogP contribution in [-0.2, 0) is 12.1 Å². The average molecular weight is 261 g/mol. The Balaban J connectivity index is 1.47. The van der Waals surface area contributed by atoms with E-state index in [1.807, 2.05) is 6.20 Å². The van der Waals surface area contributed by atoms with Gasteiger partial charge in [-0.15, -0.1) is 0 Å². The van der Waals surface area contributed by atoms with Gasteiger partial charge in [-0.25, -0.2) is 0 Å². The Hall–Kier alpha value is -0.830. The van der Waals surface area contributed by atoms with Gasteiger partial charge in [0.1, 0.15) is 0 Å². The summed E-state index contributed by atoms with van der Waals surface area (Å²) in [5, 5.41) is 8.11. The number of nitrogens with zero attached hydrogens (tertiary/aromatic N) is 2. The van der Waals surface area contributed by atoms with Crippen LogP contribution in [0.5, 0.6) is 0 Å². The van der Waals surface area contributed by atoms with Crippen molar-refractivity contribution in [2.75, 3.05) is 6.54 Å². The summed E-state index contributed by atoms with van der Waals surface area (Å²) in [7, 11) is 0. The molecule has 19 heavy (non-hydrogen) atoms. The highest BCUT2D eigenvalue weighted by molar-refractivity contribution is 5.05. The number of aromatic nitrogens is 2. The van der Waals surface area contributed by atoms with Gasteiger partial charge in [-0.3, -0.25) is 4.68 Å². The van der Waals surface area contributed by atoms with Gasteiger partial charge < -0.3 is 5.32 Å². The van der Waals surface area contributed by atoms with Gasteiger partial charge in [0.25, 0.3) is 0 Å². The van der Waals surface area contributed by atoms with E-state index in [9.17, 15) is 0 Å². The van der Waals surface area contributed by atoms with E-state index in [0.29, 0.717) is 0 Å². The van der Waals surface area contributed by atoms with Gasteiger partial charge >= 0.3 is 0 Å². The van der Waals surface area contributed by atoms with Crippen molar-refractivity contribution in [1.29, 1.82) is 0 Å². The minimum absolute atomic E-state index is 0.0861. The van der Waals surface area contributed by atoms with Crippen LogP contribution in [0.1, 0.15) is 52.0 Å². The quantitative estimate of drug-likeness (QED) is 0.852. The van der Waals surface area contributed by atoms with Crippen LogP contribution in [0.4, 0.5) is 0 Å². The number of rotatable bonds is 6. The summed E-state index contributed by atoms with van der Waals surface area (Å²) < 4.78 is 2.06. The molecule has 1 N–H and O–H groups in total. The maximum Gasteiger partial charge on any atom is 0.0543 e. The molecule has 0 spiro atoms. The topological polar surface area (TPSA) is 29.9 Å². The van der Waals surface area contributed by atoms with Crippen molar-refractivity contribution in [1.82, 2.24) is 15.1 Å². The minimum Gasteiger partial charge on any atom is -0.312 e. The Morgan fingerprint density at radius 3 is 2.37 bits per heavy atom. The van der Waals surface area contributed by atoms with Gasteiger partial charge in [-0.2, -0.15) is 5.10 Å². The number of hydrogen-bond donors (Lipinski definition) is 1. The van der Waals surface area contributed by atoms with Crippen LogP contribution in [0.3, 0.4) is 0 Å². The first kappa shape index (κ1) is 13.2. The first-order chi connectivity index (χ1) is 9.04. The molecule has 2 fully saturated rings. The summed E-state index contributed by atoms with van der Waals surface area (Å²) in [6, 6.07) is 0. The van der Waals surface area contributed by atoms with Crippen LogP contribution in [0.2, 0.25) is 0 Å². The molecule has 106 valence electrons. The van der Waals surface area contributed by atoms with Crippen LogP contribution < -0.4 is 5.32 Å². The zero-order valence-electron chi connectivity index (χ0n) is 12.5. The number of nitrogens with one attached hydrogen (secondary N) is 1. The summed E-state index contributed by atoms with van der Waals surface area (Å²) >= 11 is 0. The van der Waals surface area contributed by atoms with Crippen molar-refractivity contribution < 1.29 is 0 Å². The molecule has 1 aromatic rings. The minimum atomic E-state index is 0.0861. The molecule has 2 saturated carbocycles. The largest absolute Gasteiger partial charge is 0.312 e. The van der Waals surface area contributed by atoms with E-state index in [-0.39, 0.29) is 5.54 Å². The van der Waals surface area contributed by atoms with E-state index in [1.165, 1.54) is 37.8 Å². The fourth-order valence-corrected chi connectivity index (χ4v) is 2.97. The average Bonchev–Trinajstić information content (AvgIpc) is 3.24. The maximum atomic E-state index is 4.46. The first-order valence-corrected chi connectivity index (χ1v) is 7.79. The molecule has 3 rings (SSSR count). The van der Waals surface area contributed by atoms with Crippen molar-refractivity contribution in [2.24, 2.45) is 17.8 Å². The number of hydrogen-bond acceptors (Lipinski definition) is 2. The molecular formula is C16H27N3. The molecule has 1 heterocycles. The summed E-state index contributed by atoms with van der Waals surface area (Å²) in [5.41, 5.74) is 1.39. The van der Waals surface area contributed by atoms with E-state index in [2.05, 4.69) is 42.1 Å². The molecule has 0 bridgehead atoms. The lowest BCUT2D eigenvalue weighted by Gasteiger charge is -2.19. The second-order valence-electron chi connectivity index (χ2n) is 7.43. The van der Waals surface area contributed by atoms with Gasteiger partial charge in [0.2, 0.25) is 0 Å². The molecule has 2 aliphatic rings. The lowest BCUT2D eigenvalue weighted by molar-refractivity contribution is 0.354. The van der Waals surface area contributed by atoms with E-state index in [1.54, 1.807) is 0 Å². The zero-order chi connectivity index (χ0) is 13.5. The Morgan fingerprint density at radius 1 is 1.26 bits per heavy atom. The van der Waals surface area contributed by atoms with Crippen molar-refractivity contribution >= 4 is 0 Å². The molecule has 0 amide bonds. The molecule has 3 nitrogen and oxygen atoms in total. The molecule has 0 unspecified atom stereocenters. The van der Waals surface area contributed by atoms with Crippen LogP contribution >= 0.6 is 0 Å². The Labute approximate surface area is 116 Å².